The first-order valence-electron chi connectivity index (χ1n) is 4.73. The van der Waals surface area contributed by atoms with Crippen molar-refractivity contribution in [3.63, 3.8) is 0 Å². The summed E-state index contributed by atoms with van der Waals surface area (Å²) in [5.41, 5.74) is 1.36. The van der Waals surface area contributed by atoms with Crippen LogP contribution in [-0.2, 0) is 0 Å². The topological polar surface area (TPSA) is 12.4 Å². The predicted molar refractivity (Wildman–Crippen MR) is 53.1 cm³/mol. The lowest BCUT2D eigenvalue weighted by atomic mass is 9.99. The van der Waals surface area contributed by atoms with Gasteiger partial charge in [-0.2, -0.15) is 0 Å². The molecule has 0 bridgehead atoms. The highest BCUT2D eigenvalue weighted by Crippen LogP contribution is 2.13. The molecule has 0 saturated heterocycles. The molecule has 0 atom stereocenters. The normalized spacial score (nSPS) is 16.6. The quantitative estimate of drug-likeness (QED) is 0.525. The van der Waals surface area contributed by atoms with Gasteiger partial charge in [0, 0.05) is 12.1 Å². The van der Waals surface area contributed by atoms with Gasteiger partial charge in [-0.05, 0) is 32.1 Å². The van der Waals surface area contributed by atoms with Gasteiger partial charge in [-0.3, -0.25) is 4.99 Å². The lowest BCUT2D eigenvalue weighted by Crippen LogP contribution is -2.05. The lowest BCUT2D eigenvalue weighted by Gasteiger charge is -2.10. The average molecular weight is 162 g/mol. The predicted octanol–water partition coefficient (Wildman–Crippen LogP) is 2.62. The summed E-state index contributed by atoms with van der Waals surface area (Å²) >= 11 is 0. The summed E-state index contributed by atoms with van der Waals surface area (Å²) in [4.78, 5) is 4.44. The van der Waals surface area contributed by atoms with Crippen LogP contribution in [-0.4, -0.2) is 12.3 Å². The van der Waals surface area contributed by atoms with Gasteiger partial charge in [0.1, 0.15) is 0 Å². The molecule has 1 radical (unpaired) electrons. The molecule has 65 valence electrons. The van der Waals surface area contributed by atoms with E-state index in [4.69, 9.17) is 0 Å². The first-order valence-corrected chi connectivity index (χ1v) is 4.73. The van der Waals surface area contributed by atoms with E-state index >= 15 is 0 Å². The zero-order valence-corrected chi connectivity index (χ0v) is 7.77. The standard InChI is InChI=1S/C11H16N/c1-2-3-7-10-12-11-8-5-4-6-9-11/h4H,2,5-6,8-10H2,1H3. The molecule has 0 spiro atoms. The second-order valence-electron chi connectivity index (χ2n) is 2.96. The van der Waals surface area contributed by atoms with Gasteiger partial charge in [-0.15, -0.1) is 5.92 Å². The van der Waals surface area contributed by atoms with Crippen LogP contribution in [0.4, 0.5) is 0 Å². The second kappa shape index (κ2) is 5.83. The lowest BCUT2D eigenvalue weighted by molar-refractivity contribution is 0.812. The maximum absolute atomic E-state index is 4.44. The molecule has 12 heavy (non-hydrogen) atoms. The smallest absolute Gasteiger partial charge is 0.0996 e. The van der Waals surface area contributed by atoms with Crippen molar-refractivity contribution < 1.29 is 0 Å². The largest absolute Gasteiger partial charge is 0.281 e. The van der Waals surface area contributed by atoms with E-state index in [9.17, 15) is 0 Å². The van der Waals surface area contributed by atoms with E-state index in [1.807, 2.05) is 0 Å². The van der Waals surface area contributed by atoms with Crippen molar-refractivity contribution in [2.75, 3.05) is 6.54 Å². The zero-order valence-electron chi connectivity index (χ0n) is 7.77. The Morgan fingerprint density at radius 2 is 2.08 bits per heavy atom. The van der Waals surface area contributed by atoms with Crippen LogP contribution in [0.15, 0.2) is 4.99 Å². The molecule has 0 amide bonds. The molecule has 1 rings (SSSR count). The SMILES string of the molecule is CCC#CCN=C1CC[CH]CC1. The number of nitrogens with zero attached hydrogens (tertiary/aromatic N) is 1. The Morgan fingerprint density at radius 3 is 2.75 bits per heavy atom. The number of rotatable bonds is 1. The maximum Gasteiger partial charge on any atom is 0.0996 e. The molecule has 0 N–H and O–H groups in total. The molecule has 1 saturated carbocycles. The third-order valence-corrected chi connectivity index (χ3v) is 1.96. The molecular weight excluding hydrogens is 146 g/mol. The molecule has 0 heterocycles. The third kappa shape index (κ3) is 3.57. The highest BCUT2D eigenvalue weighted by Gasteiger charge is 2.05. The monoisotopic (exact) mass is 162 g/mol. The van der Waals surface area contributed by atoms with Gasteiger partial charge in [0.15, 0.2) is 0 Å². The summed E-state index contributed by atoms with van der Waals surface area (Å²) in [5, 5.41) is 0. The van der Waals surface area contributed by atoms with Gasteiger partial charge >= 0.3 is 0 Å². The van der Waals surface area contributed by atoms with Crippen LogP contribution in [0.3, 0.4) is 0 Å². The zero-order chi connectivity index (χ0) is 8.65. The molecule has 0 unspecified atom stereocenters. The summed E-state index contributed by atoms with van der Waals surface area (Å²) in [6.45, 7) is 2.78. The van der Waals surface area contributed by atoms with Crippen LogP contribution in [0, 0.1) is 18.3 Å². The van der Waals surface area contributed by atoms with Crippen molar-refractivity contribution in [3.8, 4) is 11.8 Å². The Bertz CT molecular complexity index is 197. The Balaban J connectivity index is 2.25. The highest BCUT2D eigenvalue weighted by atomic mass is 14.7. The molecule has 1 heteroatoms. The van der Waals surface area contributed by atoms with Crippen LogP contribution < -0.4 is 0 Å². The van der Waals surface area contributed by atoms with E-state index in [1.165, 1.54) is 18.6 Å². The molecule has 0 aromatic heterocycles. The van der Waals surface area contributed by atoms with Gasteiger partial charge in [-0.1, -0.05) is 12.8 Å². The number of hydrogen-bond donors (Lipinski definition) is 0. The van der Waals surface area contributed by atoms with Gasteiger partial charge in [-0.25, -0.2) is 0 Å². The summed E-state index contributed by atoms with van der Waals surface area (Å²) in [6, 6.07) is 0. The Morgan fingerprint density at radius 1 is 1.33 bits per heavy atom. The van der Waals surface area contributed by atoms with Crippen LogP contribution in [0.5, 0.6) is 0 Å². The van der Waals surface area contributed by atoms with E-state index < -0.39 is 0 Å². The first kappa shape index (κ1) is 9.32. The fourth-order valence-corrected chi connectivity index (χ4v) is 1.30. The van der Waals surface area contributed by atoms with E-state index in [-0.39, 0.29) is 0 Å². The average Bonchev–Trinajstić information content (AvgIpc) is 2.14. The molecular formula is C11H16N. The second-order valence-corrected chi connectivity index (χ2v) is 2.96. The van der Waals surface area contributed by atoms with E-state index in [2.05, 4.69) is 30.2 Å². The molecule has 0 aromatic rings. The van der Waals surface area contributed by atoms with Crippen molar-refractivity contribution >= 4 is 5.71 Å². The van der Waals surface area contributed by atoms with Crippen LogP contribution in [0.1, 0.15) is 39.0 Å². The van der Waals surface area contributed by atoms with Crippen LogP contribution >= 0.6 is 0 Å². The third-order valence-electron chi connectivity index (χ3n) is 1.96. The summed E-state index contributed by atoms with van der Waals surface area (Å²) in [7, 11) is 0. The van der Waals surface area contributed by atoms with Gasteiger partial charge in [0.25, 0.3) is 0 Å². The van der Waals surface area contributed by atoms with E-state index in [0.717, 1.165) is 19.3 Å². The minimum Gasteiger partial charge on any atom is -0.281 e. The summed E-state index contributed by atoms with van der Waals surface area (Å²) in [6.07, 6.45) is 8.02. The van der Waals surface area contributed by atoms with Gasteiger partial charge in [0.05, 0.1) is 6.54 Å². The van der Waals surface area contributed by atoms with Crippen molar-refractivity contribution in [1.82, 2.24) is 0 Å². The van der Waals surface area contributed by atoms with Crippen molar-refractivity contribution in [3.05, 3.63) is 6.42 Å². The number of aliphatic imine (C=N–C) groups is 1. The summed E-state index contributed by atoms with van der Waals surface area (Å²) in [5.74, 6) is 6.06. The minimum atomic E-state index is 0.711. The van der Waals surface area contributed by atoms with Crippen molar-refractivity contribution in [2.24, 2.45) is 4.99 Å². The van der Waals surface area contributed by atoms with Gasteiger partial charge < -0.3 is 0 Å². The van der Waals surface area contributed by atoms with Crippen LogP contribution in [0.2, 0.25) is 0 Å². The first-order chi connectivity index (χ1) is 5.93. The van der Waals surface area contributed by atoms with E-state index in [1.54, 1.807) is 0 Å². The number of hydrogen-bond acceptors (Lipinski definition) is 1. The van der Waals surface area contributed by atoms with Crippen molar-refractivity contribution in [1.29, 1.82) is 0 Å². The minimum absolute atomic E-state index is 0.711. The Kier molecular flexibility index (Phi) is 4.52. The molecule has 1 aliphatic carbocycles. The Labute approximate surface area is 75.3 Å². The molecule has 1 aliphatic rings. The molecule has 0 aliphatic heterocycles. The highest BCUT2D eigenvalue weighted by molar-refractivity contribution is 5.85. The molecule has 1 nitrogen and oxygen atoms in total. The fourth-order valence-electron chi connectivity index (χ4n) is 1.30. The van der Waals surface area contributed by atoms with Crippen molar-refractivity contribution in [2.45, 2.75) is 39.0 Å². The van der Waals surface area contributed by atoms with Gasteiger partial charge in [0.2, 0.25) is 0 Å². The van der Waals surface area contributed by atoms with Crippen LogP contribution in [0.25, 0.3) is 0 Å². The molecule has 1 fully saturated rings. The molecule has 0 aromatic carbocycles. The Hall–Kier alpha value is -0.770. The maximum atomic E-state index is 4.44. The summed E-state index contributed by atoms with van der Waals surface area (Å²) < 4.78 is 0. The fraction of sp³-hybridized carbons (Fsp3) is 0.636. The van der Waals surface area contributed by atoms with E-state index in [0.29, 0.717) is 6.54 Å².